The minimum absolute atomic E-state index is 0.125. The Bertz CT molecular complexity index is 850. The summed E-state index contributed by atoms with van der Waals surface area (Å²) in [5.74, 6) is 0. The number of amides is 1. The minimum Gasteiger partial charge on any atom is -0.449 e. The van der Waals surface area contributed by atoms with E-state index in [2.05, 4.69) is 22.5 Å². The topological polar surface area (TPSA) is 141 Å². The number of thioether (sulfide) groups is 1. The molecule has 9 nitrogen and oxygen atoms in total. The molecule has 0 spiro atoms. The molecule has 160 valence electrons. The number of hydrogen-bond donors (Lipinski definition) is 3. The molecular formula is C18H26N4O5S2. The molecule has 0 aliphatic carbocycles. The second kappa shape index (κ2) is 13.0. The molecule has 3 N–H and O–H groups in total. The second-order valence-corrected chi connectivity index (χ2v) is 8.23. The monoisotopic (exact) mass is 442 g/mol. The molecule has 0 saturated heterocycles. The predicted molar refractivity (Wildman–Crippen MR) is 114 cm³/mol. The first-order valence-electron chi connectivity index (χ1n) is 9.15. The molecule has 11 heteroatoms. The highest BCUT2D eigenvalue weighted by atomic mass is 32.2. The summed E-state index contributed by atoms with van der Waals surface area (Å²) in [5, 5.41) is 13.6. The number of carbonyl (C=O) groups is 1. The smallest absolute Gasteiger partial charge is 0.411 e. The number of unbranched alkanes of at least 4 members (excludes halogenated alkanes) is 5. The summed E-state index contributed by atoms with van der Waals surface area (Å²) >= 11 is 1.08. The van der Waals surface area contributed by atoms with Crippen molar-refractivity contribution < 1.29 is 22.5 Å². The van der Waals surface area contributed by atoms with Crippen LogP contribution in [-0.4, -0.2) is 37.1 Å². The van der Waals surface area contributed by atoms with E-state index < -0.39 is 21.1 Å². The van der Waals surface area contributed by atoms with Crippen molar-refractivity contribution in [1.82, 2.24) is 5.32 Å². The van der Waals surface area contributed by atoms with E-state index in [-0.39, 0.29) is 23.1 Å². The van der Waals surface area contributed by atoms with Crippen LogP contribution < -0.4 is 10.6 Å². The number of ether oxygens (including phenoxy) is 1. The molecule has 0 aromatic heterocycles. The van der Waals surface area contributed by atoms with Crippen LogP contribution in [0.4, 0.5) is 16.2 Å². The first kappa shape index (κ1) is 24.7. The number of nitrogens with zero attached hydrogens (tertiary/aromatic N) is 2. The molecule has 0 unspecified atom stereocenters. The summed E-state index contributed by atoms with van der Waals surface area (Å²) in [6.45, 7) is 2.43. The highest BCUT2D eigenvalue weighted by molar-refractivity contribution is 8.13. The van der Waals surface area contributed by atoms with Crippen LogP contribution in [-0.2, 0) is 14.9 Å². The van der Waals surface area contributed by atoms with Crippen LogP contribution in [0.2, 0.25) is 0 Å². The van der Waals surface area contributed by atoms with Crippen molar-refractivity contribution in [2.45, 2.75) is 50.3 Å². The third-order valence-electron chi connectivity index (χ3n) is 3.79. The van der Waals surface area contributed by atoms with Gasteiger partial charge in [-0.3, -0.25) is 15.2 Å². The number of aliphatic imine (C=N–C) groups is 1. The highest BCUT2D eigenvalue weighted by Gasteiger charge is 2.17. The molecule has 1 amide bonds. The standard InChI is InChI=1S/C18H26N4O5S2/c1-3-4-5-6-7-8-11-27-18(23)21-14-9-10-16(29(24,25)26)15(12-14)22-17(28-2)20-13-19/h9-10,12H,3-8,11H2,1-2H3,(H,20,22)(H,21,23)(H,24,25,26). The lowest BCUT2D eigenvalue weighted by molar-refractivity contribution is 0.159. The van der Waals surface area contributed by atoms with Gasteiger partial charge >= 0.3 is 6.09 Å². The van der Waals surface area contributed by atoms with E-state index in [1.54, 1.807) is 12.4 Å². The first-order valence-corrected chi connectivity index (χ1v) is 11.8. The molecule has 1 aromatic rings. The lowest BCUT2D eigenvalue weighted by atomic mass is 10.1. The number of carbonyl (C=O) groups excluding carboxylic acids is 1. The van der Waals surface area contributed by atoms with Gasteiger partial charge in [-0.15, -0.1) is 0 Å². The number of benzene rings is 1. The maximum atomic E-state index is 11.9. The van der Waals surface area contributed by atoms with Crippen LogP contribution in [0.5, 0.6) is 0 Å². The van der Waals surface area contributed by atoms with Crippen molar-refractivity contribution in [3.05, 3.63) is 18.2 Å². The third kappa shape index (κ3) is 9.65. The van der Waals surface area contributed by atoms with Gasteiger partial charge in [-0.05, 0) is 30.9 Å². The Kier molecular flexibility index (Phi) is 11.1. The normalized spacial score (nSPS) is 11.6. The van der Waals surface area contributed by atoms with E-state index >= 15 is 0 Å². The van der Waals surface area contributed by atoms with Gasteiger partial charge in [-0.1, -0.05) is 50.8 Å². The predicted octanol–water partition coefficient (Wildman–Crippen LogP) is 4.26. The average Bonchev–Trinajstić information content (AvgIpc) is 2.66. The molecule has 0 heterocycles. The number of rotatable bonds is 10. The molecule has 0 saturated carbocycles. The minimum atomic E-state index is -4.55. The van der Waals surface area contributed by atoms with Crippen LogP contribution in [0.1, 0.15) is 45.4 Å². The summed E-state index contributed by atoms with van der Waals surface area (Å²) in [6.07, 6.45) is 9.05. The maximum Gasteiger partial charge on any atom is 0.411 e. The maximum absolute atomic E-state index is 11.9. The van der Waals surface area contributed by atoms with Gasteiger partial charge in [0.1, 0.15) is 4.90 Å². The molecule has 0 aliphatic heterocycles. The Balaban J connectivity index is 2.79. The first-order chi connectivity index (χ1) is 13.8. The average molecular weight is 443 g/mol. The molecule has 29 heavy (non-hydrogen) atoms. The summed E-state index contributed by atoms with van der Waals surface area (Å²) in [4.78, 5) is 15.5. The van der Waals surface area contributed by atoms with Crippen LogP contribution in [0, 0.1) is 11.5 Å². The lowest BCUT2D eigenvalue weighted by Gasteiger charge is -2.10. The summed E-state index contributed by atoms with van der Waals surface area (Å²) in [7, 11) is -4.55. The van der Waals surface area contributed by atoms with E-state index in [9.17, 15) is 17.8 Å². The second-order valence-electron chi connectivity index (χ2n) is 6.04. The Hall–Kier alpha value is -2.29. The number of hydrogen-bond acceptors (Lipinski definition) is 7. The molecule has 0 fully saturated rings. The largest absolute Gasteiger partial charge is 0.449 e. The number of nitrogens with one attached hydrogen (secondary N) is 2. The van der Waals surface area contributed by atoms with Crippen LogP contribution >= 0.6 is 11.8 Å². The van der Waals surface area contributed by atoms with E-state index in [0.29, 0.717) is 0 Å². The molecule has 1 rings (SSSR count). The van der Waals surface area contributed by atoms with Gasteiger partial charge < -0.3 is 4.74 Å². The van der Waals surface area contributed by atoms with Gasteiger partial charge in [0.05, 0.1) is 12.3 Å². The van der Waals surface area contributed by atoms with Gasteiger partial charge in [0, 0.05) is 5.69 Å². The summed E-state index contributed by atoms with van der Waals surface area (Å²) in [5.41, 5.74) is 0.106. The van der Waals surface area contributed by atoms with E-state index in [1.165, 1.54) is 31.4 Å². The van der Waals surface area contributed by atoms with E-state index in [0.717, 1.165) is 37.1 Å². The zero-order valence-corrected chi connectivity index (χ0v) is 18.1. The number of anilines is 1. The fourth-order valence-electron chi connectivity index (χ4n) is 2.38. The van der Waals surface area contributed by atoms with Crippen molar-refractivity contribution in [1.29, 1.82) is 5.26 Å². The lowest BCUT2D eigenvalue weighted by Crippen LogP contribution is -2.15. The van der Waals surface area contributed by atoms with Crippen molar-refractivity contribution in [2.75, 3.05) is 18.2 Å². The summed E-state index contributed by atoms with van der Waals surface area (Å²) < 4.78 is 37.6. The van der Waals surface area contributed by atoms with Crippen LogP contribution in [0.3, 0.4) is 0 Å². The molecule has 1 aromatic carbocycles. The SMILES string of the molecule is CCCCCCCCOC(=O)Nc1ccc(S(=O)(=O)O)c(N=C(NC#N)SC)c1. The zero-order valence-electron chi connectivity index (χ0n) is 16.5. The third-order valence-corrected chi connectivity index (χ3v) is 5.27. The Labute approximate surface area is 175 Å². The quantitative estimate of drug-likeness (QED) is 0.122. The van der Waals surface area contributed by atoms with Gasteiger partial charge in [0.15, 0.2) is 11.4 Å². The van der Waals surface area contributed by atoms with Gasteiger partial charge in [0.25, 0.3) is 10.1 Å². The number of nitriles is 1. The van der Waals surface area contributed by atoms with Crippen molar-refractivity contribution in [3.63, 3.8) is 0 Å². The Morgan fingerprint density at radius 1 is 1.28 bits per heavy atom. The molecular weight excluding hydrogens is 416 g/mol. The summed E-state index contributed by atoms with van der Waals surface area (Å²) in [6, 6.07) is 3.69. The van der Waals surface area contributed by atoms with Gasteiger partial charge in [0.2, 0.25) is 0 Å². The van der Waals surface area contributed by atoms with Gasteiger partial charge in [-0.25, -0.2) is 9.79 Å². The molecule has 0 radical (unpaired) electrons. The van der Waals surface area contributed by atoms with Gasteiger partial charge in [-0.2, -0.15) is 13.7 Å². The Morgan fingerprint density at radius 3 is 2.59 bits per heavy atom. The molecule has 0 bridgehead atoms. The Morgan fingerprint density at radius 2 is 1.97 bits per heavy atom. The fourth-order valence-corrected chi connectivity index (χ4v) is 3.33. The van der Waals surface area contributed by atoms with Crippen molar-refractivity contribution in [3.8, 4) is 6.19 Å². The van der Waals surface area contributed by atoms with Crippen LogP contribution in [0.15, 0.2) is 28.1 Å². The zero-order chi connectivity index (χ0) is 21.7. The number of amidine groups is 1. The fraction of sp³-hybridized carbons (Fsp3) is 0.500. The highest BCUT2D eigenvalue weighted by Crippen LogP contribution is 2.28. The van der Waals surface area contributed by atoms with Crippen molar-refractivity contribution >= 4 is 44.5 Å². The van der Waals surface area contributed by atoms with Crippen LogP contribution in [0.25, 0.3) is 0 Å². The molecule has 0 aliphatic rings. The van der Waals surface area contributed by atoms with E-state index in [4.69, 9.17) is 10.00 Å². The van der Waals surface area contributed by atoms with Crippen molar-refractivity contribution in [2.24, 2.45) is 4.99 Å². The molecule has 0 atom stereocenters. The van der Waals surface area contributed by atoms with E-state index in [1.807, 2.05) is 0 Å².